The molecule has 3 rings (SSSR count). The van der Waals surface area contributed by atoms with Crippen LogP contribution in [0.5, 0.6) is 0 Å². The molecule has 0 fully saturated rings. The first-order chi connectivity index (χ1) is 11.5. The van der Waals surface area contributed by atoms with Gasteiger partial charge in [0, 0.05) is 18.2 Å². The van der Waals surface area contributed by atoms with E-state index in [1.165, 1.54) is 24.3 Å². The third-order valence-corrected chi connectivity index (χ3v) is 4.04. The number of rotatable bonds is 4. The number of hydrogen-bond acceptors (Lipinski definition) is 1. The second-order valence-corrected chi connectivity index (χ2v) is 5.81. The van der Waals surface area contributed by atoms with Crippen LogP contribution in [0, 0.1) is 24.4 Å². The Labute approximate surface area is 138 Å². The molecule has 0 spiro atoms. The van der Waals surface area contributed by atoms with Gasteiger partial charge in [0.05, 0.1) is 11.4 Å². The van der Waals surface area contributed by atoms with E-state index in [9.17, 15) is 13.2 Å². The van der Waals surface area contributed by atoms with E-state index < -0.39 is 11.6 Å². The average Bonchev–Trinajstić information content (AvgIpc) is 2.85. The van der Waals surface area contributed by atoms with Crippen molar-refractivity contribution in [1.82, 2.24) is 9.78 Å². The molecule has 0 saturated heterocycles. The molecule has 0 amide bonds. The molecule has 0 aliphatic rings. The maximum Gasteiger partial charge on any atom is 0.132 e. The van der Waals surface area contributed by atoms with Gasteiger partial charge < -0.3 is 0 Å². The van der Waals surface area contributed by atoms with Gasteiger partial charge in [-0.2, -0.15) is 5.10 Å². The largest absolute Gasteiger partial charge is 0.268 e. The van der Waals surface area contributed by atoms with E-state index in [1.54, 1.807) is 23.9 Å². The second kappa shape index (κ2) is 6.51. The summed E-state index contributed by atoms with van der Waals surface area (Å²) in [4.78, 5) is 0. The van der Waals surface area contributed by atoms with Crippen molar-refractivity contribution in [2.75, 3.05) is 0 Å². The van der Waals surface area contributed by atoms with Gasteiger partial charge in [-0.1, -0.05) is 12.1 Å². The predicted molar refractivity (Wildman–Crippen MR) is 87.1 cm³/mol. The van der Waals surface area contributed by atoms with Gasteiger partial charge in [-0.15, -0.1) is 0 Å². The number of aromatic nitrogens is 2. The van der Waals surface area contributed by atoms with Crippen molar-refractivity contribution >= 4 is 0 Å². The third-order valence-electron chi connectivity index (χ3n) is 4.04. The third kappa shape index (κ3) is 3.20. The Morgan fingerprint density at radius 1 is 0.917 bits per heavy atom. The fourth-order valence-corrected chi connectivity index (χ4v) is 2.83. The molecule has 0 saturated carbocycles. The van der Waals surface area contributed by atoms with E-state index >= 15 is 0 Å². The molecule has 24 heavy (non-hydrogen) atoms. The maximum absolute atomic E-state index is 14.4. The van der Waals surface area contributed by atoms with Crippen molar-refractivity contribution < 1.29 is 13.2 Å². The highest BCUT2D eigenvalue weighted by molar-refractivity contribution is 5.61. The lowest BCUT2D eigenvalue weighted by Crippen LogP contribution is -2.00. The highest BCUT2D eigenvalue weighted by atomic mass is 19.1. The number of halogens is 3. The molecule has 0 aliphatic heterocycles. The quantitative estimate of drug-likeness (QED) is 0.684. The lowest BCUT2D eigenvalue weighted by molar-refractivity contribution is 0.554. The fraction of sp³-hybridized carbons (Fsp3) is 0.211. The molecule has 0 bridgehead atoms. The zero-order valence-electron chi connectivity index (χ0n) is 13.5. The molecule has 3 aromatic rings. The SMILES string of the molecule is Cc1cc(-c2ccc(CCc3c(F)cccc3F)cc2F)n(C)n1. The van der Waals surface area contributed by atoms with Crippen LogP contribution < -0.4 is 0 Å². The van der Waals surface area contributed by atoms with Crippen LogP contribution in [0.3, 0.4) is 0 Å². The first kappa shape index (κ1) is 16.3. The minimum atomic E-state index is -0.572. The zero-order valence-corrected chi connectivity index (χ0v) is 13.5. The van der Waals surface area contributed by atoms with Crippen molar-refractivity contribution in [2.45, 2.75) is 19.8 Å². The molecular weight excluding hydrogens is 313 g/mol. The molecule has 0 aliphatic carbocycles. The summed E-state index contributed by atoms with van der Waals surface area (Å²) < 4.78 is 43.3. The smallest absolute Gasteiger partial charge is 0.132 e. The van der Waals surface area contributed by atoms with Crippen LogP contribution in [0.1, 0.15) is 16.8 Å². The van der Waals surface area contributed by atoms with Gasteiger partial charge in [-0.25, -0.2) is 13.2 Å². The average molecular weight is 330 g/mol. The van der Waals surface area contributed by atoms with E-state index in [0.29, 0.717) is 23.2 Å². The minimum absolute atomic E-state index is 0.0317. The van der Waals surface area contributed by atoms with Gasteiger partial charge in [0.15, 0.2) is 0 Å². The van der Waals surface area contributed by atoms with Crippen LogP contribution in [0.4, 0.5) is 13.2 Å². The van der Waals surface area contributed by atoms with E-state index in [4.69, 9.17) is 0 Å². The Morgan fingerprint density at radius 3 is 2.21 bits per heavy atom. The lowest BCUT2D eigenvalue weighted by atomic mass is 10.0. The van der Waals surface area contributed by atoms with Crippen molar-refractivity contribution in [3.8, 4) is 11.3 Å². The minimum Gasteiger partial charge on any atom is -0.268 e. The molecule has 0 atom stereocenters. The number of hydrogen-bond donors (Lipinski definition) is 0. The normalized spacial score (nSPS) is 11.0. The number of aryl methyl sites for hydroxylation is 3. The summed E-state index contributed by atoms with van der Waals surface area (Å²) >= 11 is 0. The standard InChI is InChI=1S/C19H17F3N2/c1-12-10-19(24(2)23-12)15-9-7-13(11-18(15)22)6-8-14-16(20)4-3-5-17(14)21/h3-5,7,9-11H,6,8H2,1-2H3. The summed E-state index contributed by atoms with van der Waals surface area (Å²) in [6.45, 7) is 1.85. The molecule has 5 heteroatoms. The Hall–Kier alpha value is -2.56. The molecule has 0 radical (unpaired) electrons. The van der Waals surface area contributed by atoms with Crippen LogP contribution in [0.2, 0.25) is 0 Å². The van der Waals surface area contributed by atoms with Crippen molar-refractivity contribution in [3.05, 3.63) is 76.7 Å². The van der Waals surface area contributed by atoms with E-state index in [1.807, 2.05) is 13.0 Å². The first-order valence-corrected chi connectivity index (χ1v) is 7.68. The second-order valence-electron chi connectivity index (χ2n) is 5.81. The zero-order chi connectivity index (χ0) is 17.3. The Balaban J connectivity index is 1.82. The number of benzene rings is 2. The predicted octanol–water partition coefficient (Wildman–Crippen LogP) is 4.60. The van der Waals surface area contributed by atoms with Crippen LogP contribution in [0.25, 0.3) is 11.3 Å². The van der Waals surface area contributed by atoms with E-state index in [0.717, 1.165) is 5.69 Å². The van der Waals surface area contributed by atoms with Crippen LogP contribution >= 0.6 is 0 Å². The summed E-state index contributed by atoms with van der Waals surface area (Å²) in [7, 11) is 1.76. The van der Waals surface area contributed by atoms with Crippen molar-refractivity contribution in [3.63, 3.8) is 0 Å². The van der Waals surface area contributed by atoms with Crippen LogP contribution in [-0.2, 0) is 19.9 Å². The van der Waals surface area contributed by atoms with Gasteiger partial charge >= 0.3 is 0 Å². The van der Waals surface area contributed by atoms with Gasteiger partial charge in [0.25, 0.3) is 0 Å². The lowest BCUT2D eigenvalue weighted by Gasteiger charge is -2.08. The Bertz CT molecular complexity index is 864. The van der Waals surface area contributed by atoms with Crippen LogP contribution in [0.15, 0.2) is 42.5 Å². The Kier molecular flexibility index (Phi) is 4.42. The monoisotopic (exact) mass is 330 g/mol. The molecule has 0 N–H and O–H groups in total. The van der Waals surface area contributed by atoms with Gasteiger partial charge in [-0.05, 0) is 55.7 Å². The number of nitrogens with zero attached hydrogens (tertiary/aromatic N) is 2. The van der Waals surface area contributed by atoms with Gasteiger partial charge in [0.2, 0.25) is 0 Å². The molecule has 124 valence electrons. The molecule has 2 nitrogen and oxygen atoms in total. The molecular formula is C19H17F3N2. The fourth-order valence-electron chi connectivity index (χ4n) is 2.83. The first-order valence-electron chi connectivity index (χ1n) is 7.68. The van der Waals surface area contributed by atoms with E-state index in [-0.39, 0.29) is 17.8 Å². The molecule has 2 aromatic carbocycles. The summed E-state index contributed by atoms with van der Waals surface area (Å²) in [5.74, 6) is -1.51. The summed E-state index contributed by atoms with van der Waals surface area (Å²) in [5, 5.41) is 4.21. The Morgan fingerprint density at radius 2 is 1.62 bits per heavy atom. The molecule has 1 heterocycles. The summed E-state index contributed by atoms with van der Waals surface area (Å²) in [6, 6.07) is 10.5. The van der Waals surface area contributed by atoms with Gasteiger partial charge in [0.1, 0.15) is 17.5 Å². The van der Waals surface area contributed by atoms with Crippen molar-refractivity contribution in [2.24, 2.45) is 7.05 Å². The molecule has 0 unspecified atom stereocenters. The van der Waals surface area contributed by atoms with Gasteiger partial charge in [-0.3, -0.25) is 4.68 Å². The molecule has 1 aromatic heterocycles. The summed E-state index contributed by atoms with van der Waals surface area (Å²) in [6.07, 6.45) is 0.543. The van der Waals surface area contributed by atoms with Crippen molar-refractivity contribution in [1.29, 1.82) is 0 Å². The highest BCUT2D eigenvalue weighted by Gasteiger charge is 2.12. The van der Waals surface area contributed by atoms with Crippen LogP contribution in [-0.4, -0.2) is 9.78 Å². The summed E-state index contributed by atoms with van der Waals surface area (Å²) in [5.41, 5.74) is 2.68. The topological polar surface area (TPSA) is 17.8 Å². The maximum atomic E-state index is 14.4. The highest BCUT2D eigenvalue weighted by Crippen LogP contribution is 2.25. The van der Waals surface area contributed by atoms with E-state index in [2.05, 4.69) is 5.10 Å².